The lowest BCUT2D eigenvalue weighted by Gasteiger charge is -2.14. The smallest absolute Gasteiger partial charge is 0.303 e. The maximum absolute atomic E-state index is 10.3. The molecular formula is C18H34O5. The average Bonchev–Trinajstić information content (AvgIpc) is 2.51. The molecule has 0 rings (SSSR count). The molecule has 0 aliphatic heterocycles. The highest BCUT2D eigenvalue weighted by molar-refractivity contribution is 5.66. The first kappa shape index (κ1) is 22.1. The van der Waals surface area contributed by atoms with Gasteiger partial charge in [0, 0.05) is 6.42 Å². The van der Waals surface area contributed by atoms with Gasteiger partial charge in [-0.2, -0.15) is 0 Å². The fourth-order valence-electron chi connectivity index (χ4n) is 2.40. The van der Waals surface area contributed by atoms with Crippen LogP contribution in [0.3, 0.4) is 0 Å². The van der Waals surface area contributed by atoms with E-state index in [9.17, 15) is 20.1 Å². The lowest BCUT2D eigenvalue weighted by molar-refractivity contribution is -0.137. The number of aliphatic hydroxyl groups excluding tert-OH is 3. The second kappa shape index (κ2) is 14.7. The molecule has 136 valence electrons. The number of carboxylic acid groups (broad SMARTS) is 1. The molecule has 0 aromatic rings. The largest absolute Gasteiger partial charge is 0.481 e. The Balaban J connectivity index is 3.66. The number of carboxylic acids is 1. The van der Waals surface area contributed by atoms with Crippen LogP contribution in [0.15, 0.2) is 12.2 Å². The Bertz CT molecular complexity index is 317. The van der Waals surface area contributed by atoms with Crippen molar-refractivity contribution < 1.29 is 25.2 Å². The van der Waals surface area contributed by atoms with Crippen LogP contribution in [0.25, 0.3) is 0 Å². The molecular weight excluding hydrogens is 296 g/mol. The standard InChI is InChI=1S/C18H34O5/c1-2-3-7-11-16(20)17(21)14-13-15(19)10-8-5-4-6-9-12-18(22)23/h13-17,19-21H,2-12H2,1H3,(H,22,23)/b14-13+/t15-,16-,17-/m1/s1. The van der Waals surface area contributed by atoms with Crippen molar-refractivity contribution in [1.82, 2.24) is 0 Å². The van der Waals surface area contributed by atoms with Gasteiger partial charge in [-0.05, 0) is 19.3 Å². The van der Waals surface area contributed by atoms with Crippen LogP contribution in [-0.2, 0) is 4.79 Å². The number of aliphatic hydroxyl groups is 3. The number of rotatable bonds is 15. The maximum atomic E-state index is 10.3. The number of aliphatic carboxylic acids is 1. The molecule has 0 saturated heterocycles. The average molecular weight is 330 g/mol. The molecule has 0 bridgehead atoms. The first-order valence-corrected chi connectivity index (χ1v) is 8.91. The maximum Gasteiger partial charge on any atom is 0.303 e. The fraction of sp³-hybridized carbons (Fsp3) is 0.833. The molecule has 0 radical (unpaired) electrons. The van der Waals surface area contributed by atoms with Gasteiger partial charge in [-0.25, -0.2) is 0 Å². The molecule has 0 aromatic carbocycles. The molecule has 5 nitrogen and oxygen atoms in total. The molecule has 3 atom stereocenters. The number of hydrogen-bond donors (Lipinski definition) is 4. The zero-order valence-corrected chi connectivity index (χ0v) is 14.4. The van der Waals surface area contributed by atoms with E-state index >= 15 is 0 Å². The van der Waals surface area contributed by atoms with Gasteiger partial charge in [-0.3, -0.25) is 4.79 Å². The minimum Gasteiger partial charge on any atom is -0.481 e. The van der Waals surface area contributed by atoms with Gasteiger partial charge in [0.2, 0.25) is 0 Å². The van der Waals surface area contributed by atoms with Crippen LogP contribution in [0, 0.1) is 0 Å². The van der Waals surface area contributed by atoms with Crippen LogP contribution in [0.4, 0.5) is 0 Å². The van der Waals surface area contributed by atoms with E-state index in [0.717, 1.165) is 44.9 Å². The van der Waals surface area contributed by atoms with E-state index in [4.69, 9.17) is 5.11 Å². The third kappa shape index (κ3) is 14.4. The van der Waals surface area contributed by atoms with Crippen molar-refractivity contribution in [2.45, 2.75) is 95.9 Å². The highest BCUT2D eigenvalue weighted by Gasteiger charge is 2.12. The van der Waals surface area contributed by atoms with E-state index in [1.54, 1.807) is 6.08 Å². The molecule has 0 heterocycles. The molecule has 0 unspecified atom stereocenters. The van der Waals surface area contributed by atoms with Crippen LogP contribution in [0.2, 0.25) is 0 Å². The van der Waals surface area contributed by atoms with Gasteiger partial charge < -0.3 is 20.4 Å². The van der Waals surface area contributed by atoms with Gasteiger partial charge in [0.1, 0.15) is 0 Å². The van der Waals surface area contributed by atoms with E-state index < -0.39 is 24.3 Å². The van der Waals surface area contributed by atoms with Gasteiger partial charge in [0.15, 0.2) is 0 Å². The number of carbonyl (C=O) groups is 1. The first-order valence-electron chi connectivity index (χ1n) is 8.91. The monoisotopic (exact) mass is 330 g/mol. The summed E-state index contributed by atoms with van der Waals surface area (Å²) < 4.78 is 0. The Hall–Kier alpha value is -0.910. The van der Waals surface area contributed by atoms with Gasteiger partial charge in [0.25, 0.3) is 0 Å². The fourth-order valence-corrected chi connectivity index (χ4v) is 2.40. The van der Waals surface area contributed by atoms with Crippen molar-refractivity contribution in [1.29, 1.82) is 0 Å². The SMILES string of the molecule is CCCCC[C@@H](O)[C@H](O)/C=C/[C@H](O)CCCCCCCC(=O)O. The van der Waals surface area contributed by atoms with Crippen LogP contribution in [-0.4, -0.2) is 44.7 Å². The van der Waals surface area contributed by atoms with E-state index in [2.05, 4.69) is 6.92 Å². The Labute approximate surface area is 140 Å². The molecule has 0 saturated carbocycles. The Morgan fingerprint density at radius 1 is 0.870 bits per heavy atom. The molecule has 0 aromatic heterocycles. The summed E-state index contributed by atoms with van der Waals surface area (Å²) in [6.45, 7) is 2.09. The van der Waals surface area contributed by atoms with Gasteiger partial charge in [-0.15, -0.1) is 0 Å². The normalized spacial score (nSPS) is 15.7. The molecule has 0 aliphatic carbocycles. The minimum atomic E-state index is -0.919. The van der Waals surface area contributed by atoms with E-state index in [0.29, 0.717) is 19.3 Å². The Morgan fingerprint density at radius 2 is 1.48 bits per heavy atom. The number of unbranched alkanes of at least 4 members (excludes halogenated alkanes) is 6. The Kier molecular flexibility index (Phi) is 14.1. The lowest BCUT2D eigenvalue weighted by atomic mass is 10.0. The summed E-state index contributed by atoms with van der Waals surface area (Å²) in [6, 6.07) is 0. The zero-order chi connectivity index (χ0) is 17.5. The summed E-state index contributed by atoms with van der Waals surface area (Å²) in [7, 11) is 0. The first-order chi connectivity index (χ1) is 11.0. The van der Waals surface area contributed by atoms with Crippen molar-refractivity contribution in [2.24, 2.45) is 0 Å². The molecule has 4 N–H and O–H groups in total. The van der Waals surface area contributed by atoms with Crippen LogP contribution >= 0.6 is 0 Å². The highest BCUT2D eigenvalue weighted by Crippen LogP contribution is 2.11. The third-order valence-electron chi connectivity index (χ3n) is 3.92. The quantitative estimate of drug-likeness (QED) is 0.273. The van der Waals surface area contributed by atoms with Crippen molar-refractivity contribution in [3.8, 4) is 0 Å². The van der Waals surface area contributed by atoms with E-state index in [-0.39, 0.29) is 6.42 Å². The zero-order valence-electron chi connectivity index (χ0n) is 14.4. The van der Waals surface area contributed by atoms with Crippen LogP contribution < -0.4 is 0 Å². The predicted molar refractivity (Wildman–Crippen MR) is 91.3 cm³/mol. The van der Waals surface area contributed by atoms with Crippen molar-refractivity contribution in [3.05, 3.63) is 12.2 Å². The molecule has 5 heteroatoms. The minimum absolute atomic E-state index is 0.226. The predicted octanol–water partition coefficient (Wildman–Crippen LogP) is 3.02. The second-order valence-electron chi connectivity index (χ2n) is 6.21. The lowest BCUT2D eigenvalue weighted by Crippen LogP contribution is -2.24. The molecule has 0 spiro atoms. The van der Waals surface area contributed by atoms with Crippen LogP contribution in [0.5, 0.6) is 0 Å². The molecule has 23 heavy (non-hydrogen) atoms. The van der Waals surface area contributed by atoms with E-state index in [1.807, 2.05) is 0 Å². The van der Waals surface area contributed by atoms with E-state index in [1.165, 1.54) is 6.08 Å². The highest BCUT2D eigenvalue weighted by atomic mass is 16.4. The Morgan fingerprint density at radius 3 is 2.13 bits per heavy atom. The number of hydrogen-bond acceptors (Lipinski definition) is 4. The van der Waals surface area contributed by atoms with Gasteiger partial charge >= 0.3 is 5.97 Å². The van der Waals surface area contributed by atoms with Crippen molar-refractivity contribution in [2.75, 3.05) is 0 Å². The van der Waals surface area contributed by atoms with Crippen molar-refractivity contribution >= 4 is 5.97 Å². The third-order valence-corrected chi connectivity index (χ3v) is 3.92. The molecule has 0 amide bonds. The van der Waals surface area contributed by atoms with Crippen LogP contribution in [0.1, 0.15) is 77.6 Å². The van der Waals surface area contributed by atoms with Gasteiger partial charge in [-0.1, -0.05) is 64.0 Å². The van der Waals surface area contributed by atoms with Crippen molar-refractivity contribution in [3.63, 3.8) is 0 Å². The summed E-state index contributed by atoms with van der Waals surface area (Å²) in [5.74, 6) is -0.749. The second-order valence-corrected chi connectivity index (χ2v) is 6.21. The summed E-state index contributed by atoms with van der Waals surface area (Å²) in [5.41, 5.74) is 0. The summed E-state index contributed by atoms with van der Waals surface area (Å²) in [4.78, 5) is 10.3. The summed E-state index contributed by atoms with van der Waals surface area (Å²) in [6.07, 6.45) is 9.60. The topological polar surface area (TPSA) is 98.0 Å². The van der Waals surface area contributed by atoms with Gasteiger partial charge in [0.05, 0.1) is 18.3 Å². The summed E-state index contributed by atoms with van der Waals surface area (Å²) >= 11 is 0. The molecule has 0 fully saturated rings. The molecule has 0 aliphatic rings. The summed E-state index contributed by atoms with van der Waals surface area (Å²) in [5, 5.41) is 37.9.